The molecule has 0 fully saturated rings. The molecule has 1 aromatic carbocycles. The van der Waals surface area contributed by atoms with Crippen LogP contribution in [0.2, 0.25) is 0 Å². The Hall–Kier alpha value is -1.61. The van der Waals surface area contributed by atoms with Gasteiger partial charge in [-0.2, -0.15) is 0 Å². The molecular weight excluding hydrogens is 224 g/mol. The van der Waals surface area contributed by atoms with Gasteiger partial charge in [-0.25, -0.2) is 0 Å². The lowest BCUT2D eigenvalue weighted by Crippen LogP contribution is -2.37. The second-order valence-electron chi connectivity index (χ2n) is 4.51. The number of carbonyl (C=O) groups excluding carboxylic acids is 1. The SMILES string of the molecule is C=CCNCC(=O)N(C)C(C)c1ccc(C)cc1. The first-order chi connectivity index (χ1) is 8.56. The average molecular weight is 246 g/mol. The van der Waals surface area contributed by atoms with Crippen molar-refractivity contribution in [2.24, 2.45) is 0 Å². The van der Waals surface area contributed by atoms with E-state index in [1.54, 1.807) is 11.0 Å². The lowest BCUT2D eigenvalue weighted by atomic mass is 10.1. The largest absolute Gasteiger partial charge is 0.338 e. The van der Waals surface area contributed by atoms with Crippen molar-refractivity contribution < 1.29 is 4.79 Å². The number of carbonyl (C=O) groups is 1. The van der Waals surface area contributed by atoms with Crippen molar-refractivity contribution in [2.45, 2.75) is 19.9 Å². The Morgan fingerprint density at radius 1 is 1.44 bits per heavy atom. The van der Waals surface area contributed by atoms with Crippen LogP contribution in [0.15, 0.2) is 36.9 Å². The van der Waals surface area contributed by atoms with Crippen LogP contribution in [0.4, 0.5) is 0 Å². The quantitative estimate of drug-likeness (QED) is 0.617. The Morgan fingerprint density at radius 2 is 2.06 bits per heavy atom. The van der Waals surface area contributed by atoms with Gasteiger partial charge >= 0.3 is 0 Å². The zero-order valence-corrected chi connectivity index (χ0v) is 11.4. The Balaban J connectivity index is 2.59. The van der Waals surface area contributed by atoms with Crippen LogP contribution in [0.3, 0.4) is 0 Å². The maximum atomic E-state index is 11.9. The number of nitrogens with zero attached hydrogens (tertiary/aromatic N) is 1. The summed E-state index contributed by atoms with van der Waals surface area (Å²) in [6.45, 7) is 8.70. The van der Waals surface area contributed by atoms with Crippen LogP contribution in [-0.2, 0) is 4.79 Å². The van der Waals surface area contributed by atoms with Crippen molar-refractivity contribution in [2.75, 3.05) is 20.1 Å². The van der Waals surface area contributed by atoms with Crippen LogP contribution in [0.5, 0.6) is 0 Å². The van der Waals surface area contributed by atoms with Gasteiger partial charge in [-0.3, -0.25) is 4.79 Å². The Kier molecular flexibility index (Phi) is 5.59. The Labute approximate surface area is 109 Å². The van der Waals surface area contributed by atoms with Crippen LogP contribution in [-0.4, -0.2) is 30.9 Å². The van der Waals surface area contributed by atoms with E-state index in [0.29, 0.717) is 13.1 Å². The van der Waals surface area contributed by atoms with Gasteiger partial charge in [-0.1, -0.05) is 35.9 Å². The van der Waals surface area contributed by atoms with E-state index in [1.807, 2.05) is 14.0 Å². The molecule has 1 unspecified atom stereocenters. The first-order valence-corrected chi connectivity index (χ1v) is 6.20. The number of nitrogens with one attached hydrogen (secondary N) is 1. The van der Waals surface area contributed by atoms with Gasteiger partial charge in [0.1, 0.15) is 0 Å². The van der Waals surface area contributed by atoms with Gasteiger partial charge in [-0.05, 0) is 19.4 Å². The third-order valence-corrected chi connectivity index (χ3v) is 3.10. The first kappa shape index (κ1) is 14.5. The molecule has 1 amide bonds. The van der Waals surface area contributed by atoms with Gasteiger partial charge in [0.25, 0.3) is 0 Å². The van der Waals surface area contributed by atoms with E-state index in [2.05, 4.69) is 43.1 Å². The topological polar surface area (TPSA) is 32.3 Å². The normalized spacial score (nSPS) is 11.9. The molecule has 0 radical (unpaired) electrons. The van der Waals surface area contributed by atoms with E-state index in [0.717, 1.165) is 5.56 Å². The second-order valence-corrected chi connectivity index (χ2v) is 4.51. The Morgan fingerprint density at radius 3 is 2.61 bits per heavy atom. The van der Waals surface area contributed by atoms with Crippen LogP contribution >= 0.6 is 0 Å². The maximum absolute atomic E-state index is 11.9. The van der Waals surface area contributed by atoms with Gasteiger partial charge < -0.3 is 10.2 Å². The third kappa shape index (κ3) is 4.00. The van der Waals surface area contributed by atoms with Gasteiger partial charge in [-0.15, -0.1) is 6.58 Å². The van der Waals surface area contributed by atoms with E-state index in [4.69, 9.17) is 0 Å². The fourth-order valence-electron chi connectivity index (χ4n) is 1.69. The lowest BCUT2D eigenvalue weighted by molar-refractivity contribution is -0.130. The molecule has 0 heterocycles. The maximum Gasteiger partial charge on any atom is 0.236 e. The summed E-state index contributed by atoms with van der Waals surface area (Å²) >= 11 is 0. The van der Waals surface area contributed by atoms with Gasteiger partial charge in [0.05, 0.1) is 12.6 Å². The minimum atomic E-state index is 0.0867. The average Bonchev–Trinajstić information content (AvgIpc) is 2.38. The summed E-state index contributed by atoms with van der Waals surface area (Å²) < 4.78 is 0. The van der Waals surface area contributed by atoms with Crippen LogP contribution in [0.1, 0.15) is 24.1 Å². The van der Waals surface area contributed by atoms with E-state index >= 15 is 0 Å². The molecule has 0 bridgehead atoms. The van der Waals surface area contributed by atoms with Crippen molar-refractivity contribution in [1.29, 1.82) is 0 Å². The van der Waals surface area contributed by atoms with Crippen molar-refractivity contribution >= 4 is 5.91 Å². The molecule has 0 aromatic heterocycles. The van der Waals surface area contributed by atoms with E-state index in [9.17, 15) is 4.79 Å². The molecule has 18 heavy (non-hydrogen) atoms. The molecule has 0 aliphatic rings. The minimum absolute atomic E-state index is 0.0867. The highest BCUT2D eigenvalue weighted by Gasteiger charge is 2.16. The highest BCUT2D eigenvalue weighted by Crippen LogP contribution is 2.18. The number of hydrogen-bond acceptors (Lipinski definition) is 2. The first-order valence-electron chi connectivity index (χ1n) is 6.20. The van der Waals surface area contributed by atoms with Crippen molar-refractivity contribution in [3.05, 3.63) is 48.0 Å². The number of rotatable bonds is 6. The highest BCUT2D eigenvalue weighted by atomic mass is 16.2. The number of amides is 1. The lowest BCUT2D eigenvalue weighted by Gasteiger charge is -2.25. The van der Waals surface area contributed by atoms with E-state index < -0.39 is 0 Å². The van der Waals surface area contributed by atoms with Crippen molar-refractivity contribution in [1.82, 2.24) is 10.2 Å². The molecule has 0 saturated carbocycles. The van der Waals surface area contributed by atoms with E-state index in [1.165, 1.54) is 5.56 Å². The zero-order chi connectivity index (χ0) is 13.5. The zero-order valence-electron chi connectivity index (χ0n) is 11.4. The summed E-state index contributed by atoms with van der Waals surface area (Å²) in [5, 5.41) is 3.02. The summed E-state index contributed by atoms with van der Waals surface area (Å²) in [6, 6.07) is 8.37. The van der Waals surface area contributed by atoms with Gasteiger partial charge in [0.2, 0.25) is 5.91 Å². The van der Waals surface area contributed by atoms with Gasteiger partial charge in [0.15, 0.2) is 0 Å². The summed E-state index contributed by atoms with van der Waals surface area (Å²) in [5.41, 5.74) is 2.38. The number of likely N-dealkylation sites (N-methyl/N-ethyl adjacent to an activating group) is 1. The minimum Gasteiger partial charge on any atom is -0.338 e. The molecule has 1 rings (SSSR count). The molecule has 0 aliphatic heterocycles. The van der Waals surface area contributed by atoms with Crippen LogP contribution in [0, 0.1) is 6.92 Å². The second kappa shape index (κ2) is 6.97. The van der Waals surface area contributed by atoms with Crippen LogP contribution in [0.25, 0.3) is 0 Å². The molecule has 98 valence electrons. The summed E-state index contributed by atoms with van der Waals surface area (Å²) in [6.07, 6.45) is 1.75. The smallest absolute Gasteiger partial charge is 0.236 e. The molecule has 0 saturated heterocycles. The number of benzene rings is 1. The summed E-state index contributed by atoms with van der Waals surface area (Å²) in [5.74, 6) is 0.0879. The molecular formula is C15H22N2O. The van der Waals surface area contributed by atoms with Crippen molar-refractivity contribution in [3.63, 3.8) is 0 Å². The highest BCUT2D eigenvalue weighted by molar-refractivity contribution is 5.78. The molecule has 0 spiro atoms. The van der Waals surface area contributed by atoms with Crippen LogP contribution < -0.4 is 5.32 Å². The fourth-order valence-corrected chi connectivity index (χ4v) is 1.69. The molecule has 1 aromatic rings. The third-order valence-electron chi connectivity index (χ3n) is 3.10. The van der Waals surface area contributed by atoms with Crippen molar-refractivity contribution in [3.8, 4) is 0 Å². The van der Waals surface area contributed by atoms with Gasteiger partial charge in [0, 0.05) is 13.6 Å². The molecule has 3 nitrogen and oxygen atoms in total. The predicted octanol–water partition coefficient (Wildman–Crippen LogP) is 2.29. The number of aryl methyl sites for hydroxylation is 1. The fraction of sp³-hybridized carbons (Fsp3) is 0.400. The number of hydrogen-bond donors (Lipinski definition) is 1. The summed E-state index contributed by atoms with van der Waals surface area (Å²) in [4.78, 5) is 13.7. The predicted molar refractivity (Wildman–Crippen MR) is 75.4 cm³/mol. The monoisotopic (exact) mass is 246 g/mol. The summed E-state index contributed by atoms with van der Waals surface area (Å²) in [7, 11) is 1.84. The molecule has 1 atom stereocenters. The Bertz CT molecular complexity index is 397. The van der Waals surface area contributed by atoms with E-state index in [-0.39, 0.29) is 11.9 Å². The molecule has 3 heteroatoms. The standard InChI is InChI=1S/C15H22N2O/c1-5-10-16-11-15(18)17(4)13(3)14-8-6-12(2)7-9-14/h5-9,13,16H,1,10-11H2,2-4H3. The molecule has 1 N–H and O–H groups in total. The molecule has 0 aliphatic carbocycles.